The van der Waals surface area contributed by atoms with E-state index in [2.05, 4.69) is 10.4 Å². The second-order valence-corrected chi connectivity index (χ2v) is 7.23. The van der Waals surface area contributed by atoms with E-state index in [4.69, 9.17) is 5.11 Å². The standard InChI is InChI=1S/C25H18N4O5/c30-23(26-20-12-9-17(10-13-20)25(31)32)14-11-19-16-28(21-6-2-1-3-7-21)27-24(19)18-5-4-8-22(15-18)29(33)34/h1-16H,(H,26,30)(H,31,32)/b14-11-. The normalized spacial score (nSPS) is 10.8. The third-order valence-corrected chi connectivity index (χ3v) is 4.91. The van der Waals surface area contributed by atoms with Crippen LogP contribution in [-0.4, -0.2) is 31.7 Å². The highest BCUT2D eigenvalue weighted by molar-refractivity contribution is 6.02. The van der Waals surface area contributed by atoms with Gasteiger partial charge in [0.05, 0.1) is 16.2 Å². The Morgan fingerprint density at radius 2 is 1.74 bits per heavy atom. The molecule has 1 aromatic heterocycles. The molecular formula is C25H18N4O5. The molecule has 0 saturated heterocycles. The molecule has 0 bridgehead atoms. The summed E-state index contributed by atoms with van der Waals surface area (Å²) in [5, 5.41) is 27.5. The van der Waals surface area contributed by atoms with Crippen LogP contribution < -0.4 is 5.32 Å². The second kappa shape index (κ2) is 9.61. The zero-order valence-corrected chi connectivity index (χ0v) is 17.7. The van der Waals surface area contributed by atoms with E-state index in [9.17, 15) is 19.7 Å². The summed E-state index contributed by atoms with van der Waals surface area (Å²) in [7, 11) is 0. The number of carboxylic acids is 1. The summed E-state index contributed by atoms with van der Waals surface area (Å²) in [6, 6.07) is 21.2. The molecule has 0 spiro atoms. The van der Waals surface area contributed by atoms with Crippen LogP contribution >= 0.6 is 0 Å². The number of carbonyl (C=O) groups is 2. The van der Waals surface area contributed by atoms with Gasteiger partial charge in [-0.3, -0.25) is 14.9 Å². The number of amides is 1. The molecular weight excluding hydrogens is 436 g/mol. The van der Waals surface area contributed by atoms with E-state index in [1.807, 2.05) is 30.3 Å². The lowest BCUT2D eigenvalue weighted by Crippen LogP contribution is -2.08. The van der Waals surface area contributed by atoms with Crippen LogP contribution in [0.25, 0.3) is 23.0 Å². The van der Waals surface area contributed by atoms with Crippen LogP contribution in [0, 0.1) is 10.1 Å². The van der Waals surface area contributed by atoms with E-state index in [1.165, 1.54) is 42.5 Å². The van der Waals surface area contributed by atoms with Gasteiger partial charge in [-0.25, -0.2) is 9.48 Å². The minimum absolute atomic E-state index is 0.0655. The molecule has 3 aromatic carbocycles. The molecule has 9 nitrogen and oxygen atoms in total. The molecule has 4 rings (SSSR count). The summed E-state index contributed by atoms with van der Waals surface area (Å²) in [6.45, 7) is 0. The lowest BCUT2D eigenvalue weighted by Gasteiger charge is -2.02. The summed E-state index contributed by atoms with van der Waals surface area (Å²) in [5.41, 5.74) is 2.87. The number of nitrogens with zero attached hydrogens (tertiary/aromatic N) is 3. The van der Waals surface area contributed by atoms with Gasteiger partial charge in [-0.15, -0.1) is 0 Å². The summed E-state index contributed by atoms with van der Waals surface area (Å²) < 4.78 is 1.64. The number of non-ortho nitro benzene ring substituents is 1. The van der Waals surface area contributed by atoms with Gasteiger partial charge in [0.2, 0.25) is 5.91 Å². The van der Waals surface area contributed by atoms with E-state index in [1.54, 1.807) is 29.1 Å². The van der Waals surface area contributed by atoms with Crippen LogP contribution in [0.2, 0.25) is 0 Å². The molecule has 1 amide bonds. The molecule has 4 aromatic rings. The number of nitrogens with one attached hydrogen (secondary N) is 1. The summed E-state index contributed by atoms with van der Waals surface area (Å²) in [4.78, 5) is 34.2. The number of benzene rings is 3. The van der Waals surface area contributed by atoms with Gasteiger partial charge in [0.1, 0.15) is 5.69 Å². The smallest absolute Gasteiger partial charge is 0.335 e. The minimum atomic E-state index is -1.05. The quantitative estimate of drug-likeness (QED) is 0.235. The van der Waals surface area contributed by atoms with Crippen LogP contribution in [0.1, 0.15) is 15.9 Å². The fourth-order valence-corrected chi connectivity index (χ4v) is 3.26. The van der Waals surface area contributed by atoms with Gasteiger partial charge in [0, 0.05) is 41.2 Å². The SMILES string of the molecule is O=C(/C=C\c1cn(-c2ccccc2)nc1-c1cccc([N+](=O)[O-])c1)Nc1ccc(C(=O)O)cc1. The number of aromatic nitrogens is 2. The molecule has 1 heterocycles. The van der Waals surface area contributed by atoms with E-state index >= 15 is 0 Å². The Morgan fingerprint density at radius 3 is 2.41 bits per heavy atom. The maximum atomic E-state index is 12.4. The van der Waals surface area contributed by atoms with E-state index < -0.39 is 16.8 Å². The number of carbonyl (C=O) groups excluding carboxylic acids is 1. The molecule has 9 heteroatoms. The predicted molar refractivity (Wildman–Crippen MR) is 127 cm³/mol. The number of nitro benzene ring substituents is 1. The Bertz CT molecular complexity index is 1390. The topological polar surface area (TPSA) is 127 Å². The van der Waals surface area contributed by atoms with E-state index in [-0.39, 0.29) is 11.3 Å². The van der Waals surface area contributed by atoms with Crippen LogP contribution in [0.4, 0.5) is 11.4 Å². The predicted octanol–water partition coefficient (Wildman–Crippen LogP) is 4.80. The Hall–Kier alpha value is -5.05. The monoisotopic (exact) mass is 454 g/mol. The van der Waals surface area contributed by atoms with Gasteiger partial charge in [-0.2, -0.15) is 5.10 Å². The first kappa shape index (κ1) is 22.2. The first-order chi connectivity index (χ1) is 16.4. The van der Waals surface area contributed by atoms with Gasteiger partial charge in [-0.1, -0.05) is 30.3 Å². The van der Waals surface area contributed by atoms with E-state index in [0.717, 1.165) is 5.69 Å². The van der Waals surface area contributed by atoms with Crippen molar-refractivity contribution < 1.29 is 19.6 Å². The number of hydrogen-bond donors (Lipinski definition) is 2. The number of aromatic carboxylic acids is 1. The summed E-state index contributed by atoms with van der Waals surface area (Å²) in [6.07, 6.45) is 4.62. The molecule has 168 valence electrons. The molecule has 2 N–H and O–H groups in total. The highest BCUT2D eigenvalue weighted by Gasteiger charge is 2.14. The second-order valence-electron chi connectivity index (χ2n) is 7.23. The third-order valence-electron chi connectivity index (χ3n) is 4.91. The average molecular weight is 454 g/mol. The molecule has 0 unspecified atom stereocenters. The molecule has 0 aliphatic rings. The number of anilines is 1. The van der Waals surface area contributed by atoms with Crippen molar-refractivity contribution in [2.75, 3.05) is 5.32 Å². The zero-order chi connectivity index (χ0) is 24.1. The molecule has 0 radical (unpaired) electrons. The molecule has 0 saturated carbocycles. The van der Waals surface area contributed by atoms with Gasteiger partial charge in [0.25, 0.3) is 5.69 Å². The summed E-state index contributed by atoms with van der Waals surface area (Å²) in [5.74, 6) is -1.48. The Labute approximate surface area is 193 Å². The Kier molecular flexibility index (Phi) is 6.26. The highest BCUT2D eigenvalue weighted by atomic mass is 16.6. The van der Waals surface area contributed by atoms with Crippen molar-refractivity contribution in [3.63, 3.8) is 0 Å². The Balaban J connectivity index is 1.64. The fourth-order valence-electron chi connectivity index (χ4n) is 3.26. The lowest BCUT2D eigenvalue weighted by molar-refractivity contribution is -0.384. The average Bonchev–Trinajstić information content (AvgIpc) is 3.28. The van der Waals surface area contributed by atoms with Gasteiger partial charge >= 0.3 is 5.97 Å². The number of hydrogen-bond acceptors (Lipinski definition) is 5. The van der Waals surface area contributed by atoms with Crippen molar-refractivity contribution >= 4 is 29.3 Å². The fraction of sp³-hybridized carbons (Fsp3) is 0. The van der Waals surface area contributed by atoms with Gasteiger partial charge in [-0.05, 0) is 42.5 Å². The maximum Gasteiger partial charge on any atom is 0.335 e. The van der Waals surface area contributed by atoms with Crippen molar-refractivity contribution in [2.24, 2.45) is 0 Å². The first-order valence-electron chi connectivity index (χ1n) is 10.1. The first-order valence-corrected chi connectivity index (χ1v) is 10.1. The molecule has 0 fully saturated rings. The largest absolute Gasteiger partial charge is 0.478 e. The van der Waals surface area contributed by atoms with Crippen LogP contribution in [0.3, 0.4) is 0 Å². The number of para-hydroxylation sites is 1. The summed E-state index contributed by atoms with van der Waals surface area (Å²) >= 11 is 0. The lowest BCUT2D eigenvalue weighted by atomic mass is 10.1. The van der Waals surface area contributed by atoms with Crippen LogP contribution in [-0.2, 0) is 4.79 Å². The van der Waals surface area contributed by atoms with Gasteiger partial charge in [0.15, 0.2) is 0 Å². The van der Waals surface area contributed by atoms with Crippen LogP contribution in [0.5, 0.6) is 0 Å². The number of nitro groups is 1. The molecule has 0 aliphatic heterocycles. The number of rotatable bonds is 7. The van der Waals surface area contributed by atoms with Crippen molar-refractivity contribution in [3.05, 3.63) is 112 Å². The van der Waals surface area contributed by atoms with Gasteiger partial charge < -0.3 is 10.4 Å². The third kappa shape index (κ3) is 5.05. The van der Waals surface area contributed by atoms with E-state index in [0.29, 0.717) is 22.5 Å². The van der Waals surface area contributed by atoms with Crippen molar-refractivity contribution in [3.8, 4) is 16.9 Å². The molecule has 0 atom stereocenters. The van der Waals surface area contributed by atoms with Crippen molar-refractivity contribution in [1.29, 1.82) is 0 Å². The minimum Gasteiger partial charge on any atom is -0.478 e. The Morgan fingerprint density at radius 1 is 1.00 bits per heavy atom. The maximum absolute atomic E-state index is 12.4. The van der Waals surface area contributed by atoms with Crippen molar-refractivity contribution in [1.82, 2.24) is 9.78 Å². The number of carboxylic acid groups (broad SMARTS) is 1. The zero-order valence-electron chi connectivity index (χ0n) is 17.7. The van der Waals surface area contributed by atoms with Crippen molar-refractivity contribution in [2.45, 2.75) is 0 Å². The molecule has 34 heavy (non-hydrogen) atoms. The van der Waals surface area contributed by atoms with Crippen LogP contribution in [0.15, 0.2) is 91.1 Å². The molecule has 0 aliphatic carbocycles. The highest BCUT2D eigenvalue weighted by Crippen LogP contribution is 2.27.